The number of aryl methyl sites for hydroxylation is 1. The van der Waals surface area contributed by atoms with Gasteiger partial charge in [-0.25, -0.2) is 0 Å². The summed E-state index contributed by atoms with van der Waals surface area (Å²) in [6, 6.07) is 6.39. The number of hydrogen-bond acceptors (Lipinski definition) is 2. The Morgan fingerprint density at radius 1 is 1.12 bits per heavy atom. The second-order valence-electron chi connectivity index (χ2n) is 7.09. The van der Waals surface area contributed by atoms with Gasteiger partial charge in [-0.15, -0.1) is 24.0 Å². The number of benzene rings is 1. The summed E-state index contributed by atoms with van der Waals surface area (Å²) < 4.78 is 0. The summed E-state index contributed by atoms with van der Waals surface area (Å²) in [7, 11) is 0. The Kier molecular flexibility index (Phi) is 8.68. The molecule has 1 saturated heterocycles. The van der Waals surface area contributed by atoms with Gasteiger partial charge in [0.15, 0.2) is 5.96 Å². The summed E-state index contributed by atoms with van der Waals surface area (Å²) in [6.45, 7) is 2.33. The first-order chi connectivity index (χ1) is 12.2. The molecule has 1 aliphatic carbocycles. The van der Waals surface area contributed by atoms with Gasteiger partial charge in [-0.2, -0.15) is 0 Å². The lowest BCUT2D eigenvalue weighted by Crippen LogP contribution is -2.31. The molecule has 1 aliphatic heterocycles. The molecular weight excluding hydrogens is 439 g/mol. The highest BCUT2D eigenvalue weighted by atomic mass is 127. The Hall–Kier alpha value is -1.31. The van der Waals surface area contributed by atoms with E-state index in [1.165, 1.54) is 30.4 Å². The van der Waals surface area contributed by atoms with Crippen molar-refractivity contribution in [2.24, 2.45) is 10.7 Å². The van der Waals surface area contributed by atoms with E-state index < -0.39 is 0 Å². The van der Waals surface area contributed by atoms with Crippen molar-refractivity contribution in [3.05, 3.63) is 29.3 Å². The van der Waals surface area contributed by atoms with E-state index in [1.807, 2.05) is 4.90 Å². The maximum absolute atomic E-state index is 12.0. The lowest BCUT2D eigenvalue weighted by Gasteiger charge is -2.20. The third kappa shape index (κ3) is 5.86. The molecule has 0 unspecified atom stereocenters. The molecule has 0 spiro atoms. The number of carbonyl (C=O) groups is 1. The number of carbonyl (C=O) groups excluding carboxylic acids is 1. The van der Waals surface area contributed by atoms with Gasteiger partial charge in [-0.3, -0.25) is 9.79 Å². The maximum Gasteiger partial charge on any atom is 0.222 e. The number of amides is 1. The predicted octanol–water partition coefficient (Wildman–Crippen LogP) is 3.70. The Labute approximate surface area is 173 Å². The molecule has 2 aliphatic rings. The molecule has 144 valence electrons. The molecule has 1 amide bonds. The van der Waals surface area contributed by atoms with Crippen molar-refractivity contribution in [1.29, 1.82) is 0 Å². The number of nitrogens with zero attached hydrogens (tertiary/aromatic N) is 2. The summed E-state index contributed by atoms with van der Waals surface area (Å²) in [4.78, 5) is 18.4. The third-order valence-electron chi connectivity index (χ3n) is 5.20. The number of nitrogens with two attached hydrogens (primary N) is 1. The molecule has 6 heteroatoms. The van der Waals surface area contributed by atoms with Gasteiger partial charge in [0.2, 0.25) is 5.91 Å². The zero-order valence-electron chi connectivity index (χ0n) is 15.5. The van der Waals surface area contributed by atoms with Crippen LogP contribution in [0.3, 0.4) is 0 Å². The van der Waals surface area contributed by atoms with Crippen LogP contribution in [0.25, 0.3) is 0 Å². The molecule has 5 nitrogen and oxygen atoms in total. The van der Waals surface area contributed by atoms with Gasteiger partial charge in [0.1, 0.15) is 0 Å². The van der Waals surface area contributed by atoms with Gasteiger partial charge in [0.25, 0.3) is 0 Å². The SMILES string of the molecule is I.NC(=NCCCN1CCCCCC1=O)Nc1cccc2c1CCCC2. The Bertz CT molecular complexity index is 632. The molecular formula is C20H31IN4O. The molecule has 3 rings (SSSR count). The van der Waals surface area contributed by atoms with E-state index in [1.54, 1.807) is 0 Å². The van der Waals surface area contributed by atoms with Crippen molar-refractivity contribution in [3.8, 4) is 0 Å². The summed E-state index contributed by atoms with van der Waals surface area (Å²) >= 11 is 0. The highest BCUT2D eigenvalue weighted by Crippen LogP contribution is 2.27. The van der Waals surface area contributed by atoms with Crippen LogP contribution in [-0.2, 0) is 17.6 Å². The lowest BCUT2D eigenvalue weighted by molar-refractivity contribution is -0.130. The number of likely N-dealkylation sites (tertiary alicyclic amines) is 1. The van der Waals surface area contributed by atoms with E-state index in [0.29, 0.717) is 24.8 Å². The van der Waals surface area contributed by atoms with Crippen LogP contribution in [0.2, 0.25) is 0 Å². The van der Waals surface area contributed by atoms with Crippen molar-refractivity contribution in [1.82, 2.24) is 4.90 Å². The minimum absolute atomic E-state index is 0. The largest absolute Gasteiger partial charge is 0.370 e. The Morgan fingerprint density at radius 2 is 1.92 bits per heavy atom. The third-order valence-corrected chi connectivity index (χ3v) is 5.20. The van der Waals surface area contributed by atoms with Crippen molar-refractivity contribution in [2.45, 2.75) is 57.8 Å². The molecule has 0 bridgehead atoms. The second kappa shape index (κ2) is 10.7. The topological polar surface area (TPSA) is 70.7 Å². The fourth-order valence-electron chi connectivity index (χ4n) is 3.81. The van der Waals surface area contributed by atoms with Gasteiger partial charge < -0.3 is 16.0 Å². The number of guanidine groups is 1. The maximum atomic E-state index is 12.0. The average molecular weight is 470 g/mol. The fourth-order valence-corrected chi connectivity index (χ4v) is 3.81. The summed E-state index contributed by atoms with van der Waals surface area (Å²) in [5.41, 5.74) is 9.99. The van der Waals surface area contributed by atoms with Crippen LogP contribution in [-0.4, -0.2) is 36.4 Å². The fraction of sp³-hybridized carbons (Fsp3) is 0.600. The van der Waals surface area contributed by atoms with Crippen molar-refractivity contribution < 1.29 is 4.79 Å². The number of anilines is 1. The van der Waals surface area contributed by atoms with Crippen molar-refractivity contribution in [3.63, 3.8) is 0 Å². The van der Waals surface area contributed by atoms with Crippen LogP contribution < -0.4 is 11.1 Å². The molecule has 1 aromatic carbocycles. The molecule has 3 N–H and O–H groups in total. The van der Waals surface area contributed by atoms with Crippen LogP contribution >= 0.6 is 24.0 Å². The highest BCUT2D eigenvalue weighted by Gasteiger charge is 2.16. The molecule has 0 saturated carbocycles. The molecule has 0 aromatic heterocycles. The van der Waals surface area contributed by atoms with Gasteiger partial charge >= 0.3 is 0 Å². The molecule has 26 heavy (non-hydrogen) atoms. The first-order valence-electron chi connectivity index (χ1n) is 9.69. The summed E-state index contributed by atoms with van der Waals surface area (Å²) in [5, 5.41) is 3.27. The van der Waals surface area contributed by atoms with E-state index in [9.17, 15) is 4.79 Å². The normalized spacial score (nSPS) is 17.9. The van der Waals surface area contributed by atoms with E-state index in [-0.39, 0.29) is 24.0 Å². The quantitative estimate of drug-likeness (QED) is 0.299. The predicted molar refractivity (Wildman–Crippen MR) is 118 cm³/mol. The molecule has 1 heterocycles. The number of aliphatic imine (C=N–C) groups is 1. The van der Waals surface area contributed by atoms with Crippen LogP contribution in [0.5, 0.6) is 0 Å². The van der Waals surface area contributed by atoms with Crippen LogP contribution in [0.1, 0.15) is 56.1 Å². The van der Waals surface area contributed by atoms with E-state index >= 15 is 0 Å². The number of halogens is 1. The van der Waals surface area contributed by atoms with Crippen molar-refractivity contribution in [2.75, 3.05) is 25.0 Å². The minimum atomic E-state index is 0. The zero-order valence-corrected chi connectivity index (χ0v) is 17.8. The Morgan fingerprint density at radius 3 is 2.81 bits per heavy atom. The average Bonchev–Trinajstić information content (AvgIpc) is 2.83. The Balaban J connectivity index is 0.00000243. The van der Waals surface area contributed by atoms with Crippen molar-refractivity contribution >= 4 is 41.5 Å². The number of nitrogens with one attached hydrogen (secondary N) is 1. The monoisotopic (exact) mass is 470 g/mol. The van der Waals surface area contributed by atoms with Crippen LogP contribution in [0.4, 0.5) is 5.69 Å². The minimum Gasteiger partial charge on any atom is -0.370 e. The smallest absolute Gasteiger partial charge is 0.222 e. The van der Waals surface area contributed by atoms with Gasteiger partial charge in [0, 0.05) is 31.7 Å². The van der Waals surface area contributed by atoms with Gasteiger partial charge in [-0.1, -0.05) is 18.6 Å². The first-order valence-corrected chi connectivity index (χ1v) is 9.69. The van der Waals surface area contributed by atoms with E-state index in [4.69, 9.17) is 5.73 Å². The van der Waals surface area contributed by atoms with Gasteiger partial charge in [-0.05, 0) is 62.1 Å². The lowest BCUT2D eigenvalue weighted by atomic mass is 9.90. The molecule has 1 aromatic rings. The van der Waals surface area contributed by atoms with Crippen LogP contribution in [0.15, 0.2) is 23.2 Å². The number of hydrogen-bond donors (Lipinski definition) is 2. The first kappa shape index (κ1) is 21.0. The van der Waals surface area contributed by atoms with E-state index in [0.717, 1.165) is 50.9 Å². The second-order valence-corrected chi connectivity index (χ2v) is 7.09. The summed E-state index contributed by atoms with van der Waals surface area (Å²) in [6.07, 6.45) is 9.67. The zero-order chi connectivity index (χ0) is 17.5. The molecule has 1 fully saturated rings. The number of fused-ring (bicyclic) bond motifs is 1. The molecule has 0 atom stereocenters. The molecule has 0 radical (unpaired) electrons. The highest BCUT2D eigenvalue weighted by molar-refractivity contribution is 14.0. The van der Waals surface area contributed by atoms with Crippen LogP contribution in [0, 0.1) is 0 Å². The van der Waals surface area contributed by atoms with E-state index in [2.05, 4.69) is 28.5 Å². The number of rotatable bonds is 5. The van der Waals surface area contributed by atoms with Gasteiger partial charge in [0.05, 0.1) is 0 Å². The standard InChI is InChI=1S/C20H30N4O.HI/c21-20(22-13-7-15-24-14-5-1-2-12-19(24)25)23-18-11-6-9-16-8-3-4-10-17(16)18;/h6,9,11H,1-5,7-8,10,12-15H2,(H3,21,22,23);1H. The summed E-state index contributed by atoms with van der Waals surface area (Å²) in [5.74, 6) is 0.768.